The molecular formula is C18H27N3O2. The molecule has 2 rings (SSSR count). The van der Waals surface area contributed by atoms with E-state index in [0.29, 0.717) is 11.8 Å². The molecule has 3 amide bonds. The van der Waals surface area contributed by atoms with Gasteiger partial charge in [0.25, 0.3) is 0 Å². The summed E-state index contributed by atoms with van der Waals surface area (Å²) in [5.74, 6) is 0.930. The predicted octanol–water partition coefficient (Wildman–Crippen LogP) is 2.93. The van der Waals surface area contributed by atoms with Crippen LogP contribution in [-0.4, -0.2) is 36.5 Å². The molecule has 2 unspecified atom stereocenters. The third kappa shape index (κ3) is 5.36. The minimum atomic E-state index is -0.472. The first kappa shape index (κ1) is 17.5. The van der Waals surface area contributed by atoms with Gasteiger partial charge in [0.15, 0.2) is 0 Å². The van der Waals surface area contributed by atoms with Crippen LogP contribution in [0.25, 0.3) is 0 Å². The Morgan fingerprint density at radius 3 is 2.43 bits per heavy atom. The lowest BCUT2D eigenvalue weighted by Gasteiger charge is -2.34. The monoisotopic (exact) mass is 317 g/mol. The third-order valence-electron chi connectivity index (χ3n) is 4.19. The van der Waals surface area contributed by atoms with Crippen LogP contribution in [0.4, 0.5) is 10.5 Å². The van der Waals surface area contributed by atoms with E-state index in [4.69, 9.17) is 0 Å². The zero-order valence-electron chi connectivity index (χ0n) is 14.5. The largest absolute Gasteiger partial charge is 0.325 e. The van der Waals surface area contributed by atoms with Gasteiger partial charge in [-0.25, -0.2) is 4.79 Å². The van der Waals surface area contributed by atoms with Crippen molar-refractivity contribution in [2.24, 2.45) is 11.8 Å². The summed E-state index contributed by atoms with van der Waals surface area (Å²) in [6, 6.07) is 5.30. The molecule has 1 aromatic rings. The van der Waals surface area contributed by atoms with Gasteiger partial charge in [0, 0.05) is 18.8 Å². The zero-order chi connectivity index (χ0) is 17.0. The summed E-state index contributed by atoms with van der Waals surface area (Å²) >= 11 is 0. The van der Waals surface area contributed by atoms with Gasteiger partial charge in [-0.1, -0.05) is 31.5 Å². The van der Waals surface area contributed by atoms with Crippen molar-refractivity contribution in [3.63, 3.8) is 0 Å². The Bertz CT molecular complexity index is 576. The van der Waals surface area contributed by atoms with E-state index in [1.165, 1.54) is 6.42 Å². The van der Waals surface area contributed by atoms with Crippen molar-refractivity contribution in [1.29, 1.82) is 0 Å². The molecule has 23 heavy (non-hydrogen) atoms. The highest BCUT2D eigenvalue weighted by atomic mass is 16.2. The number of rotatable bonds is 3. The number of hydrogen-bond donors (Lipinski definition) is 2. The molecule has 0 radical (unpaired) electrons. The number of urea groups is 1. The van der Waals surface area contributed by atoms with Gasteiger partial charge in [-0.2, -0.15) is 0 Å². The number of carbonyl (C=O) groups excluding carboxylic acids is 2. The number of carbonyl (C=O) groups is 2. The van der Waals surface area contributed by atoms with Gasteiger partial charge < -0.3 is 5.32 Å². The minimum absolute atomic E-state index is 0.256. The molecule has 5 nitrogen and oxygen atoms in total. The molecule has 2 atom stereocenters. The summed E-state index contributed by atoms with van der Waals surface area (Å²) in [6.45, 7) is 10.4. The molecule has 0 spiro atoms. The quantitative estimate of drug-likeness (QED) is 0.901. The molecule has 1 heterocycles. The molecule has 1 fully saturated rings. The second-order valence-corrected chi connectivity index (χ2v) is 6.96. The molecule has 0 bridgehead atoms. The highest BCUT2D eigenvalue weighted by Gasteiger charge is 2.23. The maximum atomic E-state index is 12.1. The fourth-order valence-corrected chi connectivity index (χ4v) is 3.40. The van der Waals surface area contributed by atoms with Gasteiger partial charge in [-0.15, -0.1) is 0 Å². The SMILES string of the molecule is Cc1ccc(NC(=O)NC(=O)CN2CC(C)CC(C)C2)c(C)c1. The molecule has 0 aliphatic carbocycles. The second-order valence-electron chi connectivity index (χ2n) is 6.96. The van der Waals surface area contributed by atoms with Gasteiger partial charge in [0.05, 0.1) is 6.54 Å². The zero-order valence-corrected chi connectivity index (χ0v) is 14.5. The minimum Gasteiger partial charge on any atom is -0.307 e. The van der Waals surface area contributed by atoms with Crippen molar-refractivity contribution < 1.29 is 9.59 Å². The molecule has 1 saturated heterocycles. The Morgan fingerprint density at radius 1 is 1.17 bits per heavy atom. The normalized spacial score (nSPS) is 21.7. The van der Waals surface area contributed by atoms with Gasteiger partial charge in [-0.05, 0) is 43.7 Å². The van der Waals surface area contributed by atoms with E-state index >= 15 is 0 Å². The highest BCUT2D eigenvalue weighted by Crippen LogP contribution is 2.20. The van der Waals surface area contributed by atoms with Gasteiger partial charge in [0.2, 0.25) is 5.91 Å². The average Bonchev–Trinajstić information content (AvgIpc) is 2.40. The molecule has 2 N–H and O–H groups in total. The molecule has 1 aliphatic rings. The fourth-order valence-electron chi connectivity index (χ4n) is 3.40. The van der Waals surface area contributed by atoms with Crippen LogP contribution in [0.2, 0.25) is 0 Å². The number of aryl methyl sites for hydroxylation is 2. The number of benzene rings is 1. The first-order valence-electron chi connectivity index (χ1n) is 8.24. The van der Waals surface area contributed by atoms with E-state index in [-0.39, 0.29) is 12.5 Å². The van der Waals surface area contributed by atoms with Crippen LogP contribution in [-0.2, 0) is 4.79 Å². The Morgan fingerprint density at radius 2 is 1.83 bits per heavy atom. The molecule has 0 aromatic heterocycles. The number of nitrogens with one attached hydrogen (secondary N) is 2. The summed E-state index contributed by atoms with van der Waals surface area (Å²) in [4.78, 5) is 26.1. The van der Waals surface area contributed by atoms with Crippen molar-refractivity contribution in [2.45, 2.75) is 34.1 Å². The van der Waals surface area contributed by atoms with E-state index in [2.05, 4.69) is 29.4 Å². The number of imide groups is 1. The van der Waals surface area contributed by atoms with Crippen LogP contribution in [0.5, 0.6) is 0 Å². The lowest BCUT2D eigenvalue weighted by Crippen LogP contribution is -2.46. The van der Waals surface area contributed by atoms with Crippen LogP contribution < -0.4 is 10.6 Å². The maximum Gasteiger partial charge on any atom is 0.325 e. The van der Waals surface area contributed by atoms with E-state index in [1.54, 1.807) is 0 Å². The van der Waals surface area contributed by atoms with Crippen LogP contribution >= 0.6 is 0 Å². The van der Waals surface area contributed by atoms with Crippen molar-refractivity contribution in [3.05, 3.63) is 29.3 Å². The topological polar surface area (TPSA) is 61.4 Å². The standard InChI is InChI=1S/C18H27N3O2/c1-12-5-6-16(15(4)8-12)19-18(23)20-17(22)11-21-9-13(2)7-14(3)10-21/h5-6,8,13-14H,7,9-11H2,1-4H3,(H2,19,20,22,23). The summed E-state index contributed by atoms with van der Waals surface area (Å²) in [6.07, 6.45) is 1.20. The lowest BCUT2D eigenvalue weighted by atomic mass is 9.92. The first-order valence-corrected chi connectivity index (χ1v) is 8.24. The fraction of sp³-hybridized carbons (Fsp3) is 0.556. The summed E-state index contributed by atoms with van der Waals surface area (Å²) in [5, 5.41) is 5.15. The number of piperidine rings is 1. The number of nitrogens with zero attached hydrogens (tertiary/aromatic N) is 1. The number of likely N-dealkylation sites (tertiary alicyclic amines) is 1. The smallest absolute Gasteiger partial charge is 0.307 e. The van der Waals surface area contributed by atoms with Crippen LogP contribution in [0.1, 0.15) is 31.4 Å². The number of anilines is 1. The Hall–Kier alpha value is -1.88. The molecular weight excluding hydrogens is 290 g/mol. The highest BCUT2D eigenvalue weighted by molar-refractivity contribution is 6.02. The summed E-state index contributed by atoms with van der Waals surface area (Å²) in [7, 11) is 0. The summed E-state index contributed by atoms with van der Waals surface area (Å²) < 4.78 is 0. The van der Waals surface area contributed by atoms with E-state index < -0.39 is 6.03 Å². The Labute approximate surface area is 138 Å². The lowest BCUT2D eigenvalue weighted by molar-refractivity contribution is -0.121. The van der Waals surface area contributed by atoms with E-state index in [1.807, 2.05) is 32.0 Å². The van der Waals surface area contributed by atoms with Gasteiger partial charge >= 0.3 is 6.03 Å². The van der Waals surface area contributed by atoms with Crippen molar-refractivity contribution in [1.82, 2.24) is 10.2 Å². The molecule has 1 aromatic carbocycles. The molecule has 5 heteroatoms. The third-order valence-corrected chi connectivity index (χ3v) is 4.19. The second kappa shape index (κ2) is 7.59. The van der Waals surface area contributed by atoms with Gasteiger partial charge in [0.1, 0.15) is 0 Å². The predicted molar refractivity (Wildman–Crippen MR) is 92.5 cm³/mol. The maximum absolute atomic E-state index is 12.1. The van der Waals surface area contributed by atoms with Crippen molar-refractivity contribution >= 4 is 17.6 Å². The van der Waals surface area contributed by atoms with Crippen molar-refractivity contribution in [2.75, 3.05) is 25.0 Å². The first-order chi connectivity index (χ1) is 10.8. The molecule has 1 aliphatic heterocycles. The Kier molecular flexibility index (Phi) is 5.77. The molecule has 126 valence electrons. The number of amides is 3. The molecule has 0 saturated carbocycles. The number of hydrogen-bond acceptors (Lipinski definition) is 3. The van der Waals surface area contributed by atoms with Crippen molar-refractivity contribution in [3.8, 4) is 0 Å². The average molecular weight is 317 g/mol. The van der Waals surface area contributed by atoms with E-state index in [9.17, 15) is 9.59 Å². The van der Waals surface area contributed by atoms with Crippen LogP contribution in [0.15, 0.2) is 18.2 Å². The Balaban J connectivity index is 1.83. The van der Waals surface area contributed by atoms with Gasteiger partial charge in [-0.3, -0.25) is 15.0 Å². The summed E-state index contributed by atoms with van der Waals surface area (Å²) in [5.41, 5.74) is 2.84. The van der Waals surface area contributed by atoms with Crippen LogP contribution in [0, 0.1) is 25.7 Å². The van der Waals surface area contributed by atoms with E-state index in [0.717, 1.165) is 29.9 Å². The van der Waals surface area contributed by atoms with Crippen LogP contribution in [0.3, 0.4) is 0 Å².